The average Bonchev–Trinajstić information content (AvgIpc) is 3.24. The highest BCUT2D eigenvalue weighted by Gasteiger charge is 2.37. The van der Waals surface area contributed by atoms with E-state index in [4.69, 9.17) is 21.1 Å². The summed E-state index contributed by atoms with van der Waals surface area (Å²) in [5, 5.41) is 6.47. The van der Waals surface area contributed by atoms with E-state index in [2.05, 4.69) is 20.6 Å². The van der Waals surface area contributed by atoms with Crippen LogP contribution in [-0.2, 0) is 33.7 Å². The summed E-state index contributed by atoms with van der Waals surface area (Å²) in [6.07, 6.45) is -2.40. The molecule has 0 radical (unpaired) electrons. The minimum Gasteiger partial charge on any atom is -0.480 e. The lowest BCUT2D eigenvalue weighted by molar-refractivity contribution is -0.137. The zero-order chi connectivity index (χ0) is 26.1. The molecule has 194 valence electrons. The van der Waals surface area contributed by atoms with Gasteiger partial charge < -0.3 is 20.1 Å². The van der Waals surface area contributed by atoms with Crippen LogP contribution < -0.4 is 15.4 Å². The third-order valence-electron chi connectivity index (χ3n) is 5.34. The normalized spacial score (nSPS) is 13.9. The van der Waals surface area contributed by atoms with Gasteiger partial charge in [0, 0.05) is 26.1 Å². The van der Waals surface area contributed by atoms with Crippen LogP contribution in [0.2, 0.25) is 5.02 Å². The molecule has 1 aromatic carbocycles. The molecule has 14 heteroatoms. The van der Waals surface area contributed by atoms with Crippen molar-refractivity contribution in [2.24, 2.45) is 0 Å². The van der Waals surface area contributed by atoms with Crippen LogP contribution in [-0.4, -0.2) is 51.5 Å². The molecule has 1 aliphatic rings. The predicted octanol–water partition coefficient (Wildman–Crippen LogP) is 4.70. The van der Waals surface area contributed by atoms with Crippen molar-refractivity contribution >= 4 is 44.4 Å². The fourth-order valence-electron chi connectivity index (χ4n) is 3.61. The van der Waals surface area contributed by atoms with Gasteiger partial charge in [-0.2, -0.15) is 13.2 Å². The lowest BCUT2D eigenvalue weighted by Gasteiger charge is -2.19. The van der Waals surface area contributed by atoms with Crippen molar-refractivity contribution in [3.05, 3.63) is 46.1 Å². The minimum absolute atomic E-state index is 0.0219. The molecule has 0 spiro atoms. The molecule has 0 amide bonds. The molecule has 0 aliphatic carbocycles. The van der Waals surface area contributed by atoms with Crippen molar-refractivity contribution in [2.75, 3.05) is 38.4 Å². The molecule has 0 fully saturated rings. The number of thiophene rings is 1. The zero-order valence-electron chi connectivity index (χ0n) is 19.2. The lowest BCUT2D eigenvalue weighted by Crippen LogP contribution is -2.23. The van der Waals surface area contributed by atoms with Gasteiger partial charge in [-0.05, 0) is 42.3 Å². The Morgan fingerprint density at radius 3 is 2.69 bits per heavy atom. The molecule has 3 heterocycles. The zero-order valence-corrected chi connectivity index (χ0v) is 21.6. The number of sulfone groups is 1. The van der Waals surface area contributed by atoms with Gasteiger partial charge in [-0.1, -0.05) is 22.9 Å². The Hall–Kier alpha value is -2.45. The first kappa shape index (κ1) is 26.6. The number of hydrogen-bond donors (Lipinski definition) is 2. The van der Waals surface area contributed by atoms with E-state index in [1.54, 1.807) is 6.07 Å². The molecule has 0 unspecified atom stereocenters. The molecular weight excluding hydrogens is 541 g/mol. The van der Waals surface area contributed by atoms with Crippen molar-refractivity contribution < 1.29 is 31.1 Å². The number of nitrogens with zero attached hydrogens (tertiary/aromatic N) is 2. The summed E-state index contributed by atoms with van der Waals surface area (Å²) < 4.78 is 76.5. The Morgan fingerprint density at radius 1 is 1.22 bits per heavy atom. The van der Waals surface area contributed by atoms with Crippen LogP contribution in [0.4, 0.5) is 24.8 Å². The van der Waals surface area contributed by atoms with E-state index in [0.717, 1.165) is 47.8 Å². The number of anilines is 2. The number of methoxy groups -OCH3 is 1. The monoisotopic (exact) mass is 562 g/mol. The largest absolute Gasteiger partial charge is 0.480 e. The predicted molar refractivity (Wildman–Crippen MR) is 131 cm³/mol. The van der Waals surface area contributed by atoms with Crippen molar-refractivity contribution in [1.29, 1.82) is 0 Å². The molecule has 3 aromatic rings. The second kappa shape index (κ2) is 10.5. The number of nitrogens with one attached hydrogen (secondary N) is 2. The van der Waals surface area contributed by atoms with Crippen LogP contribution in [0.15, 0.2) is 29.3 Å². The van der Waals surface area contributed by atoms with Gasteiger partial charge in [0.15, 0.2) is 14.9 Å². The number of aromatic nitrogens is 2. The third-order valence-corrected chi connectivity index (χ3v) is 7.93. The summed E-state index contributed by atoms with van der Waals surface area (Å²) >= 11 is 7.14. The van der Waals surface area contributed by atoms with Crippen LogP contribution in [0.5, 0.6) is 5.06 Å². The fraction of sp³-hybridized carbons (Fsp3) is 0.364. The standard InChI is InChI=1S/C22H22ClF3N4O4S2/c1-33-5-6-34-20-18(36(2,31)32)9-17(35-20)19-14(22(24,25)26)11-28-21(30-19)29-16-8-12-3-4-27-10-13(12)7-15(16)23/h7-9,11,27H,3-6,10H2,1-2H3,(H,28,29,30). The number of rotatable bonds is 8. The van der Waals surface area contributed by atoms with E-state index in [-0.39, 0.29) is 34.0 Å². The summed E-state index contributed by atoms with van der Waals surface area (Å²) in [6, 6.07) is 4.74. The van der Waals surface area contributed by atoms with Crippen LogP contribution >= 0.6 is 22.9 Å². The van der Waals surface area contributed by atoms with E-state index in [9.17, 15) is 21.6 Å². The summed E-state index contributed by atoms with van der Waals surface area (Å²) in [5.74, 6) is -0.120. The maximum Gasteiger partial charge on any atom is 0.420 e. The second-order valence-corrected chi connectivity index (χ2v) is 11.4. The topological polar surface area (TPSA) is 102 Å². The Balaban J connectivity index is 1.77. The molecule has 0 saturated carbocycles. The highest BCUT2D eigenvalue weighted by atomic mass is 35.5. The number of benzene rings is 1. The first-order valence-corrected chi connectivity index (χ1v) is 13.7. The number of fused-ring (bicyclic) bond motifs is 1. The van der Waals surface area contributed by atoms with E-state index >= 15 is 0 Å². The van der Waals surface area contributed by atoms with Crippen LogP contribution in [0.1, 0.15) is 16.7 Å². The lowest BCUT2D eigenvalue weighted by atomic mass is 10.0. The Kier molecular flexibility index (Phi) is 7.76. The molecule has 2 aromatic heterocycles. The number of halogens is 4. The first-order valence-electron chi connectivity index (χ1n) is 10.7. The SMILES string of the molecule is COCCOc1sc(-c2nc(Nc3cc4c(cc3Cl)CNCC4)ncc2C(F)(F)F)cc1S(C)(=O)=O. The Labute approximate surface area is 214 Å². The highest BCUT2D eigenvalue weighted by molar-refractivity contribution is 7.91. The van der Waals surface area contributed by atoms with Crippen LogP contribution in [0.25, 0.3) is 10.6 Å². The second-order valence-electron chi connectivity index (χ2n) is 7.98. The van der Waals surface area contributed by atoms with E-state index in [1.165, 1.54) is 7.11 Å². The molecule has 36 heavy (non-hydrogen) atoms. The fourth-order valence-corrected chi connectivity index (χ4v) is 6.12. The van der Waals surface area contributed by atoms with E-state index in [1.807, 2.05) is 6.07 Å². The van der Waals surface area contributed by atoms with Gasteiger partial charge >= 0.3 is 6.18 Å². The first-order chi connectivity index (χ1) is 17.0. The molecule has 8 nitrogen and oxygen atoms in total. The average molecular weight is 563 g/mol. The molecule has 0 saturated heterocycles. The molecule has 1 aliphatic heterocycles. The van der Waals surface area contributed by atoms with Gasteiger partial charge in [-0.25, -0.2) is 18.4 Å². The summed E-state index contributed by atoms with van der Waals surface area (Å²) in [4.78, 5) is 7.69. The van der Waals surface area contributed by atoms with Crippen molar-refractivity contribution in [3.63, 3.8) is 0 Å². The number of alkyl halides is 3. The van der Waals surface area contributed by atoms with Gasteiger partial charge in [-0.3, -0.25) is 0 Å². The van der Waals surface area contributed by atoms with Gasteiger partial charge in [0.25, 0.3) is 0 Å². The summed E-state index contributed by atoms with van der Waals surface area (Å²) in [6.45, 7) is 1.66. The van der Waals surface area contributed by atoms with Gasteiger partial charge in [0.1, 0.15) is 17.1 Å². The van der Waals surface area contributed by atoms with Crippen LogP contribution in [0, 0.1) is 0 Å². The van der Waals surface area contributed by atoms with Gasteiger partial charge in [0.2, 0.25) is 5.95 Å². The Morgan fingerprint density at radius 2 is 2.00 bits per heavy atom. The van der Waals surface area contributed by atoms with Crippen molar-refractivity contribution in [3.8, 4) is 15.6 Å². The molecule has 0 bridgehead atoms. The molecule has 4 rings (SSSR count). The number of ether oxygens (including phenoxy) is 2. The number of hydrogen-bond acceptors (Lipinski definition) is 9. The Bertz CT molecular complexity index is 1380. The molecular formula is C22H22ClF3N4O4S2. The summed E-state index contributed by atoms with van der Waals surface area (Å²) in [7, 11) is -2.36. The van der Waals surface area contributed by atoms with E-state index < -0.39 is 27.3 Å². The highest BCUT2D eigenvalue weighted by Crippen LogP contribution is 2.44. The van der Waals surface area contributed by atoms with Gasteiger partial charge in [-0.15, -0.1) is 0 Å². The molecule has 2 N–H and O–H groups in total. The molecule has 0 atom stereocenters. The smallest absolute Gasteiger partial charge is 0.420 e. The maximum absolute atomic E-state index is 13.8. The van der Waals surface area contributed by atoms with E-state index in [0.29, 0.717) is 23.5 Å². The third kappa shape index (κ3) is 5.92. The maximum atomic E-state index is 13.8. The van der Waals surface area contributed by atoms with Crippen molar-refractivity contribution in [1.82, 2.24) is 15.3 Å². The quantitative estimate of drug-likeness (QED) is 0.381. The van der Waals surface area contributed by atoms with Gasteiger partial charge in [0.05, 0.1) is 27.9 Å². The van der Waals surface area contributed by atoms with Crippen LogP contribution in [0.3, 0.4) is 0 Å². The summed E-state index contributed by atoms with van der Waals surface area (Å²) in [5.41, 5.74) is 0.963. The van der Waals surface area contributed by atoms with Crippen molar-refractivity contribution in [2.45, 2.75) is 24.0 Å². The minimum atomic E-state index is -4.78.